The third-order valence-electron chi connectivity index (χ3n) is 5.71. The zero-order valence-corrected chi connectivity index (χ0v) is 23.8. The summed E-state index contributed by atoms with van der Waals surface area (Å²) in [6, 6.07) is 10.5. The maximum Gasteiger partial charge on any atom is 0.408 e. The first-order chi connectivity index (χ1) is 17.8. The van der Waals surface area contributed by atoms with Gasteiger partial charge in [-0.25, -0.2) is 4.79 Å². The zero-order valence-electron chi connectivity index (χ0n) is 23.0. The van der Waals surface area contributed by atoms with Gasteiger partial charge in [-0.15, -0.1) is 6.58 Å². The molecule has 0 saturated heterocycles. The van der Waals surface area contributed by atoms with Crippen molar-refractivity contribution in [1.82, 2.24) is 10.2 Å². The van der Waals surface area contributed by atoms with Crippen molar-refractivity contribution in [3.63, 3.8) is 0 Å². The van der Waals surface area contributed by atoms with E-state index in [1.165, 1.54) is 4.90 Å². The SMILES string of the molecule is C=CCN(C(=O)C(NC(=O)OC(C)(C)C)C(C)C)C(C(=O)Nc1c(C)cccc1Cl)c1cccc(C=C)c1. The predicted octanol–water partition coefficient (Wildman–Crippen LogP) is 6.54. The van der Waals surface area contributed by atoms with Crippen molar-refractivity contribution in [3.05, 3.63) is 83.4 Å². The molecule has 2 atom stereocenters. The molecule has 2 rings (SSSR count). The molecule has 2 aromatic carbocycles. The number of nitrogens with zero attached hydrogens (tertiary/aromatic N) is 1. The number of ether oxygens (including phenoxy) is 1. The molecule has 0 spiro atoms. The lowest BCUT2D eigenvalue weighted by Crippen LogP contribution is -2.54. The molecule has 7 nitrogen and oxygen atoms in total. The van der Waals surface area contributed by atoms with Gasteiger partial charge in [-0.2, -0.15) is 0 Å². The van der Waals surface area contributed by atoms with Crippen LogP contribution in [-0.4, -0.2) is 41.0 Å². The summed E-state index contributed by atoms with van der Waals surface area (Å²) in [4.78, 5) is 41.9. The smallest absolute Gasteiger partial charge is 0.408 e. The van der Waals surface area contributed by atoms with Crippen molar-refractivity contribution in [2.24, 2.45) is 5.92 Å². The number of carbonyl (C=O) groups excluding carboxylic acids is 3. The van der Waals surface area contributed by atoms with Crippen LogP contribution in [0, 0.1) is 12.8 Å². The van der Waals surface area contributed by atoms with Gasteiger partial charge in [0.25, 0.3) is 5.91 Å². The fraction of sp³-hybridized carbons (Fsp3) is 0.367. The van der Waals surface area contributed by atoms with Gasteiger partial charge in [0.1, 0.15) is 17.7 Å². The number of aryl methyl sites for hydroxylation is 1. The first kappa shape index (κ1) is 30.6. The minimum absolute atomic E-state index is 0.0515. The number of carbonyl (C=O) groups is 3. The van der Waals surface area contributed by atoms with Crippen LogP contribution in [0.15, 0.2) is 61.7 Å². The van der Waals surface area contributed by atoms with E-state index in [1.54, 1.807) is 63.3 Å². The van der Waals surface area contributed by atoms with Gasteiger partial charge in [0.05, 0.1) is 10.7 Å². The Kier molecular flexibility index (Phi) is 10.7. The highest BCUT2D eigenvalue weighted by atomic mass is 35.5. The molecular weight excluding hydrogens is 502 g/mol. The Hall–Kier alpha value is -3.58. The summed E-state index contributed by atoms with van der Waals surface area (Å²) in [6.45, 7) is 18.4. The van der Waals surface area contributed by atoms with Crippen molar-refractivity contribution in [3.8, 4) is 0 Å². The third kappa shape index (κ3) is 8.21. The second-order valence-electron chi connectivity index (χ2n) is 10.3. The van der Waals surface area contributed by atoms with Crippen molar-refractivity contribution in [1.29, 1.82) is 0 Å². The van der Waals surface area contributed by atoms with Crippen LogP contribution in [0.25, 0.3) is 6.08 Å². The summed E-state index contributed by atoms with van der Waals surface area (Å²) < 4.78 is 5.39. The number of alkyl carbamates (subject to hydrolysis) is 1. The summed E-state index contributed by atoms with van der Waals surface area (Å²) in [6.07, 6.45) is 2.49. The second-order valence-corrected chi connectivity index (χ2v) is 10.8. The lowest BCUT2D eigenvalue weighted by Gasteiger charge is -2.35. The number of nitrogens with one attached hydrogen (secondary N) is 2. The molecule has 0 aliphatic rings. The number of anilines is 1. The van der Waals surface area contributed by atoms with Crippen LogP contribution in [0.5, 0.6) is 0 Å². The molecule has 2 aromatic rings. The normalized spacial score (nSPS) is 12.7. The average molecular weight is 540 g/mol. The van der Waals surface area contributed by atoms with E-state index in [4.69, 9.17) is 16.3 Å². The molecule has 0 aliphatic heterocycles. The van der Waals surface area contributed by atoms with Gasteiger partial charge in [-0.05, 0) is 62.4 Å². The first-order valence-electron chi connectivity index (χ1n) is 12.5. The summed E-state index contributed by atoms with van der Waals surface area (Å²) in [7, 11) is 0. The highest BCUT2D eigenvalue weighted by Gasteiger charge is 2.37. The Bertz CT molecular complexity index is 1170. The van der Waals surface area contributed by atoms with Crippen molar-refractivity contribution in [2.45, 2.75) is 59.2 Å². The van der Waals surface area contributed by atoms with Gasteiger partial charge in [-0.3, -0.25) is 9.59 Å². The van der Waals surface area contributed by atoms with E-state index in [1.807, 2.05) is 32.9 Å². The fourth-order valence-corrected chi connectivity index (χ4v) is 4.17. The highest BCUT2D eigenvalue weighted by molar-refractivity contribution is 6.34. The van der Waals surface area contributed by atoms with Gasteiger partial charge in [0.2, 0.25) is 5.91 Å². The monoisotopic (exact) mass is 539 g/mol. The summed E-state index contributed by atoms with van der Waals surface area (Å²) in [5, 5.41) is 5.98. The molecule has 204 valence electrons. The lowest BCUT2D eigenvalue weighted by molar-refractivity contribution is -0.141. The minimum Gasteiger partial charge on any atom is -0.444 e. The Morgan fingerprint density at radius 1 is 1.11 bits per heavy atom. The minimum atomic E-state index is -1.06. The number of para-hydroxylation sites is 1. The van der Waals surface area contributed by atoms with Crippen LogP contribution in [-0.2, 0) is 14.3 Å². The number of benzene rings is 2. The average Bonchev–Trinajstić information content (AvgIpc) is 2.83. The Balaban J connectivity index is 2.58. The number of halogens is 1. The predicted molar refractivity (Wildman–Crippen MR) is 154 cm³/mol. The fourth-order valence-electron chi connectivity index (χ4n) is 3.90. The topological polar surface area (TPSA) is 87.7 Å². The molecule has 0 heterocycles. The van der Waals surface area contributed by atoms with Crippen LogP contribution in [0.3, 0.4) is 0 Å². The molecule has 0 aliphatic carbocycles. The Labute approximate surface area is 230 Å². The number of rotatable bonds is 10. The van der Waals surface area contributed by atoms with Crippen molar-refractivity contribution < 1.29 is 19.1 Å². The van der Waals surface area contributed by atoms with Crippen LogP contribution >= 0.6 is 11.6 Å². The molecule has 3 amide bonds. The Morgan fingerprint density at radius 3 is 2.32 bits per heavy atom. The van der Waals surface area contributed by atoms with E-state index in [-0.39, 0.29) is 12.5 Å². The van der Waals surface area contributed by atoms with E-state index >= 15 is 0 Å². The maximum absolute atomic E-state index is 14.0. The van der Waals surface area contributed by atoms with Crippen molar-refractivity contribution in [2.75, 3.05) is 11.9 Å². The van der Waals surface area contributed by atoms with Gasteiger partial charge < -0.3 is 20.3 Å². The number of hydrogen-bond acceptors (Lipinski definition) is 4. The molecule has 8 heteroatoms. The molecule has 38 heavy (non-hydrogen) atoms. The highest BCUT2D eigenvalue weighted by Crippen LogP contribution is 2.30. The first-order valence-corrected chi connectivity index (χ1v) is 12.9. The van der Waals surface area contributed by atoms with Gasteiger partial charge in [0.15, 0.2) is 0 Å². The van der Waals surface area contributed by atoms with E-state index in [9.17, 15) is 14.4 Å². The molecular formula is C30H38ClN3O4. The molecule has 2 unspecified atom stereocenters. The van der Waals surface area contributed by atoms with E-state index in [2.05, 4.69) is 23.8 Å². The van der Waals surface area contributed by atoms with Gasteiger partial charge in [-0.1, -0.05) is 74.5 Å². The molecule has 0 aromatic heterocycles. The van der Waals surface area contributed by atoms with E-state index in [0.717, 1.165) is 11.1 Å². The molecule has 0 radical (unpaired) electrons. The number of amides is 3. The van der Waals surface area contributed by atoms with E-state index in [0.29, 0.717) is 16.3 Å². The van der Waals surface area contributed by atoms with E-state index < -0.39 is 35.6 Å². The van der Waals surface area contributed by atoms with Crippen LogP contribution in [0.4, 0.5) is 10.5 Å². The lowest BCUT2D eigenvalue weighted by atomic mass is 9.97. The summed E-state index contributed by atoms with van der Waals surface area (Å²) in [5.41, 5.74) is 1.85. The molecule has 0 saturated carbocycles. The second kappa shape index (κ2) is 13.3. The third-order valence-corrected chi connectivity index (χ3v) is 6.02. The molecule has 0 fully saturated rings. The number of hydrogen-bond donors (Lipinski definition) is 2. The quantitative estimate of drug-likeness (QED) is 0.336. The van der Waals surface area contributed by atoms with Crippen molar-refractivity contribution >= 4 is 41.3 Å². The summed E-state index contributed by atoms with van der Waals surface area (Å²) in [5.74, 6) is -1.21. The zero-order chi connectivity index (χ0) is 28.6. The maximum atomic E-state index is 14.0. The van der Waals surface area contributed by atoms with Gasteiger partial charge in [0, 0.05) is 6.54 Å². The van der Waals surface area contributed by atoms with Crippen LogP contribution in [0.2, 0.25) is 5.02 Å². The summed E-state index contributed by atoms with van der Waals surface area (Å²) >= 11 is 6.39. The largest absolute Gasteiger partial charge is 0.444 e. The van der Waals surface area contributed by atoms with Crippen LogP contribution in [0.1, 0.15) is 57.4 Å². The standard InChI is InChI=1S/C30H38ClN3O4/c1-9-17-34(28(36)24(19(3)4)33-29(37)38-30(6,7)8)26(22-15-12-14-21(10-2)18-22)27(35)32-25-20(5)13-11-16-23(25)31/h9-16,18-19,24,26H,1-2,17H2,3-8H3,(H,32,35)(H,33,37). The Morgan fingerprint density at radius 2 is 1.76 bits per heavy atom. The van der Waals surface area contributed by atoms with Gasteiger partial charge >= 0.3 is 6.09 Å². The van der Waals surface area contributed by atoms with Crippen LogP contribution < -0.4 is 10.6 Å². The molecule has 2 N–H and O–H groups in total. The molecule has 0 bridgehead atoms.